The van der Waals surface area contributed by atoms with Crippen molar-refractivity contribution in [3.05, 3.63) is 0 Å². The molecule has 8 heavy (non-hydrogen) atoms. The van der Waals surface area contributed by atoms with Crippen LogP contribution in [0.4, 0.5) is 21.4 Å². The summed E-state index contributed by atoms with van der Waals surface area (Å²) in [6.07, 6.45) is 0. The molecule has 0 amide bonds. The second kappa shape index (κ2) is 1.94. The second-order valence-corrected chi connectivity index (χ2v) is 5.55. The van der Waals surface area contributed by atoms with Crippen molar-refractivity contribution in [3.63, 3.8) is 0 Å². The third-order valence-corrected chi connectivity index (χ3v) is 2.31. The van der Waals surface area contributed by atoms with E-state index in [0.717, 1.165) is 0 Å². The molecule has 0 aliphatic rings. The van der Waals surface area contributed by atoms with E-state index in [2.05, 4.69) is 0 Å². The maximum absolute atomic E-state index is 11.2. The predicted octanol–water partition coefficient (Wildman–Crippen LogP) is 2.36. The molecule has 7 heteroatoms. The van der Waals surface area contributed by atoms with E-state index in [1.54, 1.807) is 0 Å². The molecule has 0 atom stereocenters. The Morgan fingerprint density at radius 2 is 1.25 bits per heavy atom. The van der Waals surface area contributed by atoms with E-state index < -0.39 is 13.2 Å². The van der Waals surface area contributed by atoms with E-state index in [0.29, 0.717) is 0 Å². The number of alkyl halides is 3. The molecule has 0 unspecified atom stereocenters. The summed E-state index contributed by atoms with van der Waals surface area (Å²) in [5.41, 5.74) is 0. The van der Waals surface area contributed by atoms with Gasteiger partial charge in [0.25, 0.3) is 0 Å². The molecular weight excluding hydrogens is 215 g/mol. The maximum Gasteiger partial charge on any atom is 0.603 e. The van der Waals surface area contributed by atoms with Gasteiger partial charge < -0.3 is 0 Å². The van der Waals surface area contributed by atoms with Crippen LogP contribution in [-0.4, -0.2) is 13.2 Å². The second-order valence-electron chi connectivity index (χ2n) is 0.996. The average molecular weight is 215 g/mol. The number of hydrogen-bond donors (Lipinski definition) is 0. The molecule has 0 radical (unpaired) electrons. The molecule has 0 rings (SSSR count). The number of hydrogen-bond acceptors (Lipinski definition) is 0. The van der Waals surface area contributed by atoms with Gasteiger partial charge in [0.2, 0.25) is 0 Å². The van der Waals surface area contributed by atoms with Crippen molar-refractivity contribution in [2.75, 3.05) is 0 Å². The van der Waals surface area contributed by atoms with Crippen molar-refractivity contribution in [2.45, 2.75) is 5.80 Å². The lowest BCUT2D eigenvalue weighted by molar-refractivity contribution is -0.0671. The Hall–Kier alpha value is 0.347. The van der Waals surface area contributed by atoms with Gasteiger partial charge in [0, 0.05) is 0 Å². The average Bonchev–Trinajstić information content (AvgIpc) is 1.25. The molecule has 0 saturated carbocycles. The van der Waals surface area contributed by atoms with Gasteiger partial charge in [0.05, 0.1) is 0 Å². The van der Waals surface area contributed by atoms with Crippen LogP contribution in [0.5, 0.6) is 0 Å². The highest BCUT2D eigenvalue weighted by molar-refractivity contribution is 9.25. The number of halogens is 6. The fourth-order valence-electron chi connectivity index (χ4n) is 0. The zero-order valence-electron chi connectivity index (χ0n) is 3.27. The molecule has 0 aromatic carbocycles. The first-order chi connectivity index (χ1) is 3.25. The Balaban J connectivity index is 4.02. The lowest BCUT2D eigenvalue weighted by Crippen LogP contribution is -2.35. The zero-order chi connectivity index (χ0) is 7.00. The smallest absolute Gasteiger partial charge is 0.249 e. The summed E-state index contributed by atoms with van der Waals surface area (Å²) in [6.45, 7) is 0. The van der Waals surface area contributed by atoms with E-state index in [1.807, 2.05) is 0 Å². The van der Waals surface area contributed by atoms with E-state index in [1.165, 1.54) is 15.3 Å². The van der Waals surface area contributed by atoms with Crippen LogP contribution >= 0.6 is 15.3 Å². The highest BCUT2D eigenvalue weighted by atomic mass is 79.9. The molecule has 50 valence electrons. The molecule has 0 saturated heterocycles. The van der Waals surface area contributed by atoms with Crippen LogP contribution in [0.2, 0.25) is 0 Å². The minimum Gasteiger partial charge on any atom is -0.249 e. The monoisotopic (exact) mass is 214 g/mol. The molecule has 0 aromatic rings. The van der Waals surface area contributed by atoms with Gasteiger partial charge in [-0.05, 0) is 15.3 Å². The first-order valence-electron chi connectivity index (χ1n) is 1.38. The van der Waals surface area contributed by atoms with Crippen LogP contribution in [0, 0.1) is 0 Å². The van der Waals surface area contributed by atoms with Crippen LogP contribution in [-0.2, 0) is 0 Å². The SMILES string of the molecule is FC(F)(F)[Si](F)(F)Br. The van der Waals surface area contributed by atoms with E-state index in [-0.39, 0.29) is 0 Å². The Kier molecular flexibility index (Phi) is 2.03. The van der Waals surface area contributed by atoms with Crippen molar-refractivity contribution >= 4 is 22.7 Å². The van der Waals surface area contributed by atoms with Crippen LogP contribution in [0.1, 0.15) is 0 Å². The van der Waals surface area contributed by atoms with Gasteiger partial charge in [-0.25, -0.2) is 8.22 Å². The lowest BCUT2D eigenvalue weighted by atomic mass is 11.5. The van der Waals surface area contributed by atoms with Crippen molar-refractivity contribution in [3.8, 4) is 0 Å². The summed E-state index contributed by atoms with van der Waals surface area (Å²) in [6, 6.07) is 0. The van der Waals surface area contributed by atoms with Crippen molar-refractivity contribution in [1.29, 1.82) is 0 Å². The molecule has 0 N–H and O–H groups in total. The van der Waals surface area contributed by atoms with Crippen molar-refractivity contribution in [2.24, 2.45) is 0 Å². The third kappa shape index (κ3) is 2.08. The largest absolute Gasteiger partial charge is 0.603 e. The Bertz CT molecular complexity index is 67.4. The van der Waals surface area contributed by atoms with E-state index in [4.69, 9.17) is 0 Å². The molecule has 0 aliphatic carbocycles. The molecule has 0 aromatic heterocycles. The molecule has 0 aliphatic heterocycles. The Morgan fingerprint density at radius 3 is 1.25 bits per heavy atom. The molecule has 0 spiro atoms. The number of rotatable bonds is 0. The van der Waals surface area contributed by atoms with Crippen molar-refractivity contribution < 1.29 is 21.4 Å². The van der Waals surface area contributed by atoms with Crippen LogP contribution in [0.3, 0.4) is 0 Å². The summed E-state index contributed by atoms with van der Waals surface area (Å²) in [5, 5.41) is 0. The van der Waals surface area contributed by atoms with Crippen LogP contribution in [0.15, 0.2) is 0 Å². The minimum atomic E-state index is -6.05. The van der Waals surface area contributed by atoms with E-state index >= 15 is 0 Å². The highest BCUT2D eigenvalue weighted by Gasteiger charge is 2.61. The maximum atomic E-state index is 11.2. The molecule has 0 fully saturated rings. The van der Waals surface area contributed by atoms with Gasteiger partial charge in [-0.15, -0.1) is 0 Å². The fourth-order valence-corrected chi connectivity index (χ4v) is 0. The molecule has 0 nitrogen and oxygen atoms in total. The summed E-state index contributed by atoms with van der Waals surface area (Å²) >= 11 is 1.28. The first-order valence-corrected chi connectivity index (χ1v) is 5.40. The quantitative estimate of drug-likeness (QED) is 0.330. The van der Waals surface area contributed by atoms with Gasteiger partial charge in [-0.3, -0.25) is 0 Å². The highest BCUT2D eigenvalue weighted by Crippen LogP contribution is 2.35. The lowest BCUT2D eigenvalue weighted by Gasteiger charge is -2.07. The topological polar surface area (TPSA) is 0 Å². The van der Waals surface area contributed by atoms with Crippen LogP contribution < -0.4 is 0 Å². The van der Waals surface area contributed by atoms with Gasteiger partial charge in [0.15, 0.2) is 0 Å². The standard InChI is InChI=1S/CBrF5Si/c2-8(6,7)1(3,4)5. The van der Waals surface area contributed by atoms with Gasteiger partial charge in [-0.1, -0.05) is 0 Å². The minimum absolute atomic E-state index is 1.28. The zero-order valence-corrected chi connectivity index (χ0v) is 5.85. The Labute approximate surface area is 50.6 Å². The van der Waals surface area contributed by atoms with Crippen LogP contribution in [0.25, 0.3) is 0 Å². The molecule has 0 heterocycles. The molecular formula is CBrF5Si. The molecule has 0 bridgehead atoms. The Morgan fingerprint density at radius 1 is 1.12 bits per heavy atom. The third-order valence-electron chi connectivity index (χ3n) is 0.321. The summed E-state index contributed by atoms with van der Waals surface area (Å²) < 4.78 is 54.8. The van der Waals surface area contributed by atoms with Crippen molar-refractivity contribution in [1.82, 2.24) is 0 Å². The summed E-state index contributed by atoms with van der Waals surface area (Å²) in [5.74, 6) is -5.34. The first kappa shape index (κ1) is 8.35. The van der Waals surface area contributed by atoms with Gasteiger partial charge in [-0.2, -0.15) is 13.2 Å². The van der Waals surface area contributed by atoms with E-state index in [9.17, 15) is 21.4 Å². The summed E-state index contributed by atoms with van der Waals surface area (Å²) in [7, 11) is -6.05. The normalized spacial score (nSPS) is 14.2. The fraction of sp³-hybridized carbons (Fsp3) is 1.00. The van der Waals surface area contributed by atoms with Gasteiger partial charge in [0.1, 0.15) is 0 Å². The van der Waals surface area contributed by atoms with Gasteiger partial charge >= 0.3 is 13.2 Å². The summed E-state index contributed by atoms with van der Waals surface area (Å²) in [4.78, 5) is 0. The predicted molar refractivity (Wildman–Crippen MR) is 23.0 cm³/mol.